The van der Waals surface area contributed by atoms with Gasteiger partial charge in [0.15, 0.2) is 0 Å². The molecule has 0 radical (unpaired) electrons. The molecule has 1 aromatic carbocycles. The summed E-state index contributed by atoms with van der Waals surface area (Å²) < 4.78 is 14.1. The van der Waals surface area contributed by atoms with Crippen LogP contribution in [0.25, 0.3) is 11.3 Å². The second kappa shape index (κ2) is 5.25. The summed E-state index contributed by atoms with van der Waals surface area (Å²) in [7, 11) is 0. The van der Waals surface area contributed by atoms with E-state index in [0.29, 0.717) is 11.8 Å². The summed E-state index contributed by atoms with van der Waals surface area (Å²) in [5.41, 5.74) is 4.64. The molecule has 2 aliphatic carbocycles. The average Bonchev–Trinajstić information content (AvgIpc) is 2.35. The first-order valence-corrected chi connectivity index (χ1v) is 8.07. The first-order valence-electron chi connectivity index (χ1n) is 8.07. The molecular formula is C19H20FN. The lowest BCUT2D eigenvalue weighted by Gasteiger charge is -2.33. The van der Waals surface area contributed by atoms with Crippen molar-refractivity contribution < 1.29 is 4.39 Å². The highest BCUT2D eigenvalue weighted by Crippen LogP contribution is 2.47. The Kier molecular flexibility index (Phi) is 3.25. The zero-order valence-electron chi connectivity index (χ0n) is 12.2. The quantitative estimate of drug-likeness (QED) is 0.731. The van der Waals surface area contributed by atoms with E-state index in [2.05, 4.69) is 11.1 Å². The van der Waals surface area contributed by atoms with E-state index in [0.717, 1.165) is 5.69 Å². The van der Waals surface area contributed by atoms with Crippen molar-refractivity contribution >= 4 is 0 Å². The Labute approximate surface area is 125 Å². The number of aromatic nitrogens is 1. The van der Waals surface area contributed by atoms with Crippen LogP contribution in [0.4, 0.5) is 4.39 Å². The number of pyridine rings is 1. The van der Waals surface area contributed by atoms with Crippen LogP contribution in [0.2, 0.25) is 0 Å². The van der Waals surface area contributed by atoms with Crippen LogP contribution in [0, 0.1) is 5.82 Å². The second-order valence-electron chi connectivity index (χ2n) is 6.43. The van der Waals surface area contributed by atoms with E-state index in [1.165, 1.54) is 55.2 Å². The van der Waals surface area contributed by atoms with Crippen LogP contribution in [0.1, 0.15) is 61.5 Å². The first kappa shape index (κ1) is 13.0. The normalized spacial score (nSPS) is 19.1. The molecule has 0 bridgehead atoms. The Balaban J connectivity index is 1.90. The third-order valence-electron chi connectivity index (χ3n) is 5.18. The van der Waals surface area contributed by atoms with Crippen molar-refractivity contribution in [2.75, 3.05) is 0 Å². The minimum absolute atomic E-state index is 0.0709. The van der Waals surface area contributed by atoms with Gasteiger partial charge in [-0.15, -0.1) is 0 Å². The van der Waals surface area contributed by atoms with E-state index in [1.807, 2.05) is 18.3 Å². The Morgan fingerprint density at radius 2 is 1.52 bits per heavy atom. The maximum Gasteiger partial charge on any atom is 0.123 e. The summed E-state index contributed by atoms with van der Waals surface area (Å²) in [6.45, 7) is 0. The van der Waals surface area contributed by atoms with Crippen LogP contribution >= 0.6 is 0 Å². The first-order chi connectivity index (χ1) is 10.3. The third-order valence-corrected chi connectivity index (χ3v) is 5.18. The molecule has 21 heavy (non-hydrogen) atoms. The molecule has 2 fully saturated rings. The molecule has 0 saturated heterocycles. The van der Waals surface area contributed by atoms with Crippen LogP contribution in [0.3, 0.4) is 0 Å². The largest absolute Gasteiger partial charge is 0.256 e. The predicted molar refractivity (Wildman–Crippen MR) is 82.8 cm³/mol. The van der Waals surface area contributed by atoms with Crippen molar-refractivity contribution in [1.29, 1.82) is 0 Å². The topological polar surface area (TPSA) is 12.9 Å². The minimum Gasteiger partial charge on any atom is -0.256 e. The maximum atomic E-state index is 14.1. The van der Waals surface area contributed by atoms with Gasteiger partial charge in [0.2, 0.25) is 0 Å². The van der Waals surface area contributed by atoms with Crippen molar-refractivity contribution in [3.05, 3.63) is 53.5 Å². The van der Waals surface area contributed by atoms with Gasteiger partial charge in [-0.05, 0) is 72.9 Å². The fraction of sp³-hybridized carbons (Fsp3) is 0.421. The molecular weight excluding hydrogens is 261 g/mol. The summed E-state index contributed by atoms with van der Waals surface area (Å²) in [6, 6.07) is 9.56. The fourth-order valence-electron chi connectivity index (χ4n) is 3.54. The molecule has 0 spiro atoms. The van der Waals surface area contributed by atoms with Crippen molar-refractivity contribution in [1.82, 2.24) is 4.98 Å². The number of hydrogen-bond acceptors (Lipinski definition) is 1. The van der Waals surface area contributed by atoms with Gasteiger partial charge in [-0.25, -0.2) is 4.39 Å². The molecule has 1 nitrogen and oxygen atoms in total. The van der Waals surface area contributed by atoms with Gasteiger partial charge in [-0.1, -0.05) is 18.9 Å². The lowest BCUT2D eigenvalue weighted by Crippen LogP contribution is -2.16. The summed E-state index contributed by atoms with van der Waals surface area (Å²) in [4.78, 5) is 4.56. The lowest BCUT2D eigenvalue weighted by atomic mass is 9.72. The molecule has 0 N–H and O–H groups in total. The van der Waals surface area contributed by atoms with Crippen molar-refractivity contribution in [3.63, 3.8) is 0 Å². The monoisotopic (exact) mass is 281 g/mol. The Morgan fingerprint density at radius 3 is 1.95 bits per heavy atom. The van der Waals surface area contributed by atoms with E-state index in [1.54, 1.807) is 12.1 Å². The van der Waals surface area contributed by atoms with Crippen molar-refractivity contribution in [3.8, 4) is 11.3 Å². The standard InChI is InChI=1S/C19H20FN/c20-15-11-16(13-5-3-6-13)19(18-9-1-2-10-21-18)17(12-15)14-7-4-8-14/h1-2,9-14H,3-8H2. The van der Waals surface area contributed by atoms with Gasteiger partial charge in [0, 0.05) is 11.8 Å². The molecule has 4 rings (SSSR count). The lowest BCUT2D eigenvalue weighted by molar-refractivity contribution is 0.407. The molecule has 1 heterocycles. The minimum atomic E-state index is -0.0709. The van der Waals surface area contributed by atoms with Crippen LogP contribution in [0.5, 0.6) is 0 Å². The highest BCUT2D eigenvalue weighted by molar-refractivity contribution is 5.70. The summed E-state index contributed by atoms with van der Waals surface area (Å²) >= 11 is 0. The maximum absolute atomic E-state index is 14.1. The van der Waals surface area contributed by atoms with E-state index in [4.69, 9.17) is 0 Å². The SMILES string of the molecule is Fc1cc(C2CCC2)c(-c2ccccn2)c(C2CCC2)c1. The van der Waals surface area contributed by atoms with Gasteiger partial charge < -0.3 is 0 Å². The second-order valence-corrected chi connectivity index (χ2v) is 6.43. The molecule has 0 aliphatic heterocycles. The van der Waals surface area contributed by atoms with Gasteiger partial charge in [0.05, 0.1) is 5.69 Å². The molecule has 2 heteroatoms. The summed E-state index contributed by atoms with van der Waals surface area (Å²) in [6.07, 6.45) is 9.12. The molecule has 0 unspecified atom stereocenters. The molecule has 0 amide bonds. The Bertz CT molecular complexity index is 607. The Morgan fingerprint density at radius 1 is 0.905 bits per heavy atom. The number of hydrogen-bond donors (Lipinski definition) is 0. The van der Waals surface area contributed by atoms with Gasteiger partial charge in [-0.3, -0.25) is 4.98 Å². The predicted octanol–water partition coefficient (Wildman–Crippen LogP) is 5.42. The molecule has 2 aliphatic rings. The highest BCUT2D eigenvalue weighted by atomic mass is 19.1. The zero-order valence-corrected chi connectivity index (χ0v) is 12.2. The van der Waals surface area contributed by atoms with Crippen molar-refractivity contribution in [2.24, 2.45) is 0 Å². The molecule has 1 aromatic heterocycles. The molecule has 108 valence electrons. The van der Waals surface area contributed by atoms with E-state index in [9.17, 15) is 4.39 Å². The number of nitrogens with zero attached hydrogens (tertiary/aromatic N) is 1. The van der Waals surface area contributed by atoms with Gasteiger partial charge in [0.25, 0.3) is 0 Å². The van der Waals surface area contributed by atoms with E-state index in [-0.39, 0.29) is 5.82 Å². The smallest absolute Gasteiger partial charge is 0.123 e. The van der Waals surface area contributed by atoms with E-state index >= 15 is 0 Å². The summed E-state index contributed by atoms with van der Waals surface area (Å²) in [5.74, 6) is 0.978. The van der Waals surface area contributed by atoms with Crippen LogP contribution in [-0.2, 0) is 0 Å². The fourth-order valence-corrected chi connectivity index (χ4v) is 3.54. The zero-order chi connectivity index (χ0) is 14.2. The third kappa shape index (κ3) is 2.27. The van der Waals surface area contributed by atoms with Gasteiger partial charge >= 0.3 is 0 Å². The summed E-state index contributed by atoms with van der Waals surface area (Å²) in [5, 5.41) is 0. The van der Waals surface area contributed by atoms with Gasteiger partial charge in [0.1, 0.15) is 5.82 Å². The molecule has 2 aromatic rings. The van der Waals surface area contributed by atoms with Crippen molar-refractivity contribution in [2.45, 2.75) is 50.4 Å². The van der Waals surface area contributed by atoms with Crippen LogP contribution in [0.15, 0.2) is 36.5 Å². The highest BCUT2D eigenvalue weighted by Gasteiger charge is 2.29. The molecule has 2 saturated carbocycles. The molecule has 0 atom stereocenters. The van der Waals surface area contributed by atoms with Crippen LogP contribution in [-0.4, -0.2) is 4.98 Å². The van der Waals surface area contributed by atoms with Crippen LogP contribution < -0.4 is 0 Å². The number of rotatable bonds is 3. The van der Waals surface area contributed by atoms with Gasteiger partial charge in [-0.2, -0.15) is 0 Å². The number of benzene rings is 1. The van der Waals surface area contributed by atoms with E-state index < -0.39 is 0 Å². The Hall–Kier alpha value is -1.70. The number of halogens is 1. The average molecular weight is 281 g/mol.